The van der Waals surface area contributed by atoms with Crippen LogP contribution in [0.25, 0.3) is 11.3 Å². The summed E-state index contributed by atoms with van der Waals surface area (Å²) in [7, 11) is 0. The van der Waals surface area contributed by atoms with Gasteiger partial charge in [-0.1, -0.05) is 6.07 Å². The molecule has 2 heterocycles. The van der Waals surface area contributed by atoms with Gasteiger partial charge in [0.2, 0.25) is 0 Å². The molecule has 0 atom stereocenters. The molecule has 21 heavy (non-hydrogen) atoms. The molecule has 2 aromatic heterocycles. The summed E-state index contributed by atoms with van der Waals surface area (Å²) < 4.78 is 32.8. The number of hydrogen-bond donors (Lipinski definition) is 1. The minimum absolute atomic E-state index is 0.106. The van der Waals surface area contributed by atoms with Gasteiger partial charge >= 0.3 is 0 Å². The fourth-order valence-electron chi connectivity index (χ4n) is 1.85. The van der Waals surface area contributed by atoms with Crippen LogP contribution in [0.2, 0.25) is 0 Å². The Morgan fingerprint density at radius 2 is 2.00 bits per heavy atom. The molecule has 1 N–H and O–H groups in total. The van der Waals surface area contributed by atoms with Gasteiger partial charge in [0.1, 0.15) is 29.1 Å². The Hall–Kier alpha value is -2.12. The average Bonchev–Trinajstić information content (AvgIpc) is 3.11. The van der Waals surface area contributed by atoms with E-state index >= 15 is 0 Å². The van der Waals surface area contributed by atoms with Crippen molar-refractivity contribution in [3.63, 3.8) is 0 Å². The van der Waals surface area contributed by atoms with Crippen LogP contribution in [0.1, 0.15) is 10.8 Å². The van der Waals surface area contributed by atoms with Crippen molar-refractivity contribution in [2.24, 2.45) is 0 Å². The molecule has 0 saturated heterocycles. The molecule has 1 aromatic carbocycles. The zero-order chi connectivity index (χ0) is 14.7. The lowest BCUT2D eigenvalue weighted by Crippen LogP contribution is -1.96. The maximum absolute atomic E-state index is 13.7. The number of aromatic amines is 1. The highest BCUT2D eigenvalue weighted by Crippen LogP contribution is 2.27. The Morgan fingerprint density at radius 3 is 2.71 bits per heavy atom. The van der Waals surface area contributed by atoms with Crippen molar-refractivity contribution in [3.8, 4) is 11.3 Å². The molecule has 4 nitrogen and oxygen atoms in total. The number of nitrogens with one attached hydrogen (secondary N) is 1. The molecular weight excluding hydrogens is 296 g/mol. The van der Waals surface area contributed by atoms with Gasteiger partial charge in [-0.2, -0.15) is 0 Å². The summed E-state index contributed by atoms with van der Waals surface area (Å²) in [5.41, 5.74) is 0.179. The zero-order valence-corrected chi connectivity index (χ0v) is 11.7. The number of H-pyrrole nitrogens is 1. The number of rotatable bonds is 5. The molecule has 0 unspecified atom stereocenters. The van der Waals surface area contributed by atoms with Gasteiger partial charge in [-0.05, 0) is 12.1 Å². The summed E-state index contributed by atoms with van der Waals surface area (Å²) >= 11 is 1.30. The monoisotopic (exact) mass is 307 g/mol. The molecule has 108 valence electrons. The Morgan fingerprint density at radius 1 is 1.19 bits per heavy atom. The smallest absolute Gasteiger partial charge is 0.135 e. The third kappa shape index (κ3) is 3.14. The topological polar surface area (TPSA) is 50.8 Å². The van der Waals surface area contributed by atoms with Crippen molar-refractivity contribution in [2.45, 2.75) is 13.2 Å². The lowest BCUT2D eigenvalue weighted by molar-refractivity contribution is 0.102. The predicted octanol–water partition coefficient (Wildman–Crippen LogP) is 3.53. The first-order valence-corrected chi connectivity index (χ1v) is 7.07. The quantitative estimate of drug-likeness (QED) is 0.784. The second-order valence-corrected chi connectivity index (χ2v) is 5.19. The Kier molecular flexibility index (Phi) is 4.03. The molecule has 0 radical (unpaired) electrons. The molecule has 3 aromatic rings. The van der Waals surface area contributed by atoms with E-state index in [0.717, 1.165) is 0 Å². The molecule has 7 heteroatoms. The SMILES string of the molecule is Fc1cccc(F)c1-c1csc(COCc2ncc[nH]2)n1. The summed E-state index contributed by atoms with van der Waals surface area (Å²) in [5, 5.41) is 2.27. The summed E-state index contributed by atoms with van der Waals surface area (Å²) in [6, 6.07) is 3.75. The van der Waals surface area contributed by atoms with Crippen LogP contribution in [-0.2, 0) is 18.0 Å². The van der Waals surface area contributed by atoms with Gasteiger partial charge in [0, 0.05) is 17.8 Å². The lowest BCUT2D eigenvalue weighted by atomic mass is 10.1. The predicted molar refractivity (Wildman–Crippen MR) is 74.5 cm³/mol. The number of aromatic nitrogens is 3. The Labute approximate surface area is 123 Å². The number of hydrogen-bond acceptors (Lipinski definition) is 4. The molecule has 0 saturated carbocycles. The normalized spacial score (nSPS) is 11.0. The fourth-order valence-corrected chi connectivity index (χ4v) is 2.57. The molecule has 0 bridgehead atoms. The van der Waals surface area contributed by atoms with Crippen molar-refractivity contribution in [2.75, 3.05) is 0 Å². The molecule has 3 rings (SSSR count). The maximum Gasteiger partial charge on any atom is 0.135 e. The Balaban J connectivity index is 1.69. The first-order chi connectivity index (χ1) is 10.2. The highest BCUT2D eigenvalue weighted by molar-refractivity contribution is 7.09. The number of benzene rings is 1. The van der Waals surface area contributed by atoms with Crippen LogP contribution in [0.15, 0.2) is 36.0 Å². The number of imidazole rings is 1. The van der Waals surface area contributed by atoms with E-state index in [1.165, 1.54) is 29.5 Å². The molecule has 0 fully saturated rings. The van der Waals surface area contributed by atoms with Gasteiger partial charge in [-0.3, -0.25) is 0 Å². The van der Waals surface area contributed by atoms with Gasteiger partial charge in [0.05, 0.1) is 17.9 Å². The standard InChI is InChI=1S/C14H11F2N3OS/c15-9-2-1-3-10(16)14(9)11-8-21-13(19-11)7-20-6-12-17-4-5-18-12/h1-5,8H,6-7H2,(H,17,18). The van der Waals surface area contributed by atoms with Crippen LogP contribution in [0, 0.1) is 11.6 Å². The highest BCUT2D eigenvalue weighted by atomic mass is 32.1. The number of thiazole rings is 1. The van der Waals surface area contributed by atoms with E-state index in [2.05, 4.69) is 15.0 Å². The van der Waals surface area contributed by atoms with E-state index in [4.69, 9.17) is 4.74 Å². The van der Waals surface area contributed by atoms with E-state index in [1.54, 1.807) is 17.8 Å². The van der Waals surface area contributed by atoms with Crippen LogP contribution in [0.3, 0.4) is 0 Å². The first kappa shape index (κ1) is 13.8. The van der Waals surface area contributed by atoms with Gasteiger partial charge < -0.3 is 9.72 Å². The lowest BCUT2D eigenvalue weighted by Gasteiger charge is -2.01. The van der Waals surface area contributed by atoms with Gasteiger partial charge in [0.25, 0.3) is 0 Å². The third-order valence-electron chi connectivity index (χ3n) is 2.79. The van der Waals surface area contributed by atoms with Gasteiger partial charge in [-0.25, -0.2) is 18.7 Å². The second-order valence-electron chi connectivity index (χ2n) is 4.25. The van der Waals surface area contributed by atoms with Crippen LogP contribution >= 0.6 is 11.3 Å². The maximum atomic E-state index is 13.7. The van der Waals surface area contributed by atoms with E-state index < -0.39 is 11.6 Å². The molecular formula is C14H11F2N3OS. The minimum Gasteiger partial charge on any atom is -0.366 e. The summed E-state index contributed by atoms with van der Waals surface area (Å²) in [6.07, 6.45) is 3.35. The van der Waals surface area contributed by atoms with Crippen LogP contribution in [-0.4, -0.2) is 15.0 Å². The summed E-state index contributed by atoms with van der Waals surface area (Å²) in [4.78, 5) is 11.1. The van der Waals surface area contributed by atoms with Gasteiger partial charge in [0.15, 0.2) is 0 Å². The average molecular weight is 307 g/mol. The number of halogens is 2. The molecule has 0 aliphatic heterocycles. The highest BCUT2D eigenvalue weighted by Gasteiger charge is 2.14. The molecule has 0 aliphatic carbocycles. The molecule has 0 amide bonds. The second kappa shape index (κ2) is 6.11. The van der Waals surface area contributed by atoms with E-state index in [0.29, 0.717) is 17.4 Å². The number of ether oxygens (including phenoxy) is 1. The van der Waals surface area contributed by atoms with Crippen LogP contribution < -0.4 is 0 Å². The third-order valence-corrected chi connectivity index (χ3v) is 3.61. The Bertz CT molecular complexity index is 707. The molecule has 0 aliphatic rings. The molecule has 0 spiro atoms. The van der Waals surface area contributed by atoms with Crippen molar-refractivity contribution >= 4 is 11.3 Å². The number of nitrogens with zero attached hydrogens (tertiary/aromatic N) is 2. The minimum atomic E-state index is -0.622. The van der Waals surface area contributed by atoms with E-state index in [9.17, 15) is 8.78 Å². The van der Waals surface area contributed by atoms with Crippen molar-refractivity contribution in [1.82, 2.24) is 15.0 Å². The van der Waals surface area contributed by atoms with E-state index in [-0.39, 0.29) is 17.9 Å². The van der Waals surface area contributed by atoms with Crippen molar-refractivity contribution in [3.05, 3.63) is 58.4 Å². The fraction of sp³-hybridized carbons (Fsp3) is 0.143. The van der Waals surface area contributed by atoms with Crippen molar-refractivity contribution < 1.29 is 13.5 Å². The van der Waals surface area contributed by atoms with Crippen LogP contribution in [0.4, 0.5) is 8.78 Å². The van der Waals surface area contributed by atoms with E-state index in [1.807, 2.05) is 0 Å². The van der Waals surface area contributed by atoms with Crippen molar-refractivity contribution in [1.29, 1.82) is 0 Å². The van der Waals surface area contributed by atoms with Gasteiger partial charge in [-0.15, -0.1) is 11.3 Å². The first-order valence-electron chi connectivity index (χ1n) is 6.19. The largest absolute Gasteiger partial charge is 0.366 e. The van der Waals surface area contributed by atoms with Crippen LogP contribution in [0.5, 0.6) is 0 Å². The summed E-state index contributed by atoms with van der Waals surface area (Å²) in [6.45, 7) is 0.595. The summed E-state index contributed by atoms with van der Waals surface area (Å²) in [5.74, 6) is -0.529. The zero-order valence-electron chi connectivity index (χ0n) is 10.8.